The second kappa shape index (κ2) is 6.89. The predicted octanol–water partition coefficient (Wildman–Crippen LogP) is 3.78. The van der Waals surface area contributed by atoms with Crippen molar-refractivity contribution in [2.24, 2.45) is 5.92 Å². The van der Waals surface area contributed by atoms with Crippen LogP contribution in [0.1, 0.15) is 52.0 Å². The third-order valence-corrected chi connectivity index (χ3v) is 8.81. The lowest BCUT2D eigenvalue weighted by molar-refractivity contribution is 0.0437. The quantitative estimate of drug-likeness (QED) is 0.615. The molecule has 2 unspecified atom stereocenters. The summed E-state index contributed by atoms with van der Waals surface area (Å²) in [5, 5.41) is 13.8. The number of carbonyl (C=O) groups excluding carboxylic acids is 1. The SMILES string of the molecule is O=C1c2c(O)c(=O)ccn2N(C23c4ccccc4CC2Cc2c(Cl)cccc23)CN1C1CCC1. The van der Waals surface area contributed by atoms with E-state index in [9.17, 15) is 14.7 Å². The molecule has 1 N–H and O–H groups in total. The molecular weight excluding hydrogens is 450 g/mol. The van der Waals surface area contributed by atoms with Gasteiger partial charge in [0, 0.05) is 29.2 Å². The van der Waals surface area contributed by atoms with E-state index in [0.717, 1.165) is 48.3 Å². The molecule has 0 radical (unpaired) electrons. The first-order valence-electron chi connectivity index (χ1n) is 11.9. The van der Waals surface area contributed by atoms with Crippen molar-refractivity contribution in [1.29, 1.82) is 0 Å². The standard InChI is InChI=1S/C27H24ClN3O3/c28-22-10-4-9-21-19(22)14-17-13-16-5-1-2-8-20(16)27(17,21)31-15-29(18-6-3-7-18)26(34)24-25(33)23(32)11-12-30(24)31/h1-2,4-5,8-12,17-18,33H,3,6-7,13-15H2. The summed E-state index contributed by atoms with van der Waals surface area (Å²) < 4.78 is 1.74. The lowest BCUT2D eigenvalue weighted by Crippen LogP contribution is -2.65. The molecular formula is C27H24ClN3O3. The molecule has 172 valence electrons. The first-order chi connectivity index (χ1) is 16.5. The number of nitrogens with zero attached hydrogens (tertiary/aromatic N) is 3. The molecule has 1 aliphatic heterocycles. The van der Waals surface area contributed by atoms with Crippen LogP contribution in [0.25, 0.3) is 0 Å². The lowest BCUT2D eigenvalue weighted by Gasteiger charge is -2.53. The van der Waals surface area contributed by atoms with Crippen LogP contribution in [-0.2, 0) is 18.4 Å². The van der Waals surface area contributed by atoms with Crippen LogP contribution in [0.3, 0.4) is 0 Å². The molecule has 0 spiro atoms. The van der Waals surface area contributed by atoms with Crippen molar-refractivity contribution in [2.75, 3.05) is 11.7 Å². The van der Waals surface area contributed by atoms with E-state index in [4.69, 9.17) is 11.6 Å². The van der Waals surface area contributed by atoms with Gasteiger partial charge in [-0.2, -0.15) is 0 Å². The zero-order valence-electron chi connectivity index (χ0n) is 18.6. The molecule has 1 saturated carbocycles. The summed E-state index contributed by atoms with van der Waals surface area (Å²) in [6.07, 6.45) is 6.33. The minimum atomic E-state index is -0.560. The van der Waals surface area contributed by atoms with Gasteiger partial charge in [0.25, 0.3) is 5.91 Å². The van der Waals surface area contributed by atoms with Gasteiger partial charge >= 0.3 is 0 Å². The zero-order valence-corrected chi connectivity index (χ0v) is 19.3. The number of halogens is 1. The average molecular weight is 474 g/mol. The minimum Gasteiger partial charge on any atom is -0.502 e. The molecule has 2 atom stereocenters. The number of pyridine rings is 1. The Morgan fingerprint density at radius 2 is 1.76 bits per heavy atom. The Labute approximate surface area is 202 Å². The predicted molar refractivity (Wildman–Crippen MR) is 129 cm³/mol. The number of hydrogen-bond acceptors (Lipinski definition) is 4. The number of aromatic nitrogens is 1. The fraction of sp³-hybridized carbons (Fsp3) is 0.333. The molecule has 3 aromatic rings. The van der Waals surface area contributed by atoms with Gasteiger partial charge < -0.3 is 10.0 Å². The third kappa shape index (κ3) is 2.37. The molecule has 34 heavy (non-hydrogen) atoms. The van der Waals surface area contributed by atoms with Gasteiger partial charge in [0.05, 0.1) is 0 Å². The molecule has 1 aromatic heterocycles. The van der Waals surface area contributed by atoms with Crippen LogP contribution in [0.4, 0.5) is 0 Å². The zero-order chi connectivity index (χ0) is 23.2. The van der Waals surface area contributed by atoms with Crippen LogP contribution in [0.15, 0.2) is 59.5 Å². The highest BCUT2D eigenvalue weighted by molar-refractivity contribution is 6.31. The molecule has 1 fully saturated rings. The Balaban J connectivity index is 1.54. The molecule has 4 aliphatic rings. The number of hydrogen-bond donors (Lipinski definition) is 1. The van der Waals surface area contributed by atoms with E-state index < -0.39 is 16.7 Å². The molecule has 2 aromatic carbocycles. The van der Waals surface area contributed by atoms with E-state index >= 15 is 0 Å². The summed E-state index contributed by atoms with van der Waals surface area (Å²) >= 11 is 6.72. The van der Waals surface area contributed by atoms with Gasteiger partial charge in [0.1, 0.15) is 12.2 Å². The molecule has 6 nitrogen and oxygen atoms in total. The monoisotopic (exact) mass is 473 g/mol. The summed E-state index contributed by atoms with van der Waals surface area (Å²) in [6, 6.07) is 16.0. The van der Waals surface area contributed by atoms with Gasteiger partial charge in [0.15, 0.2) is 11.4 Å². The molecule has 3 aliphatic carbocycles. The highest BCUT2D eigenvalue weighted by atomic mass is 35.5. The number of fused-ring (bicyclic) bond motifs is 6. The minimum absolute atomic E-state index is 0.0543. The summed E-state index contributed by atoms with van der Waals surface area (Å²) in [5.74, 6) is -0.546. The van der Waals surface area contributed by atoms with E-state index in [1.54, 1.807) is 10.9 Å². The number of amides is 1. The smallest absolute Gasteiger partial charge is 0.278 e. The normalized spacial score (nSPS) is 25.0. The van der Waals surface area contributed by atoms with Crippen molar-refractivity contribution in [3.05, 3.63) is 97.9 Å². The van der Waals surface area contributed by atoms with Gasteiger partial charge in [0.2, 0.25) is 5.43 Å². The van der Waals surface area contributed by atoms with Gasteiger partial charge in [-0.05, 0) is 60.4 Å². The highest BCUT2D eigenvalue weighted by Crippen LogP contribution is 2.57. The Bertz CT molecular complexity index is 1430. The van der Waals surface area contributed by atoms with Crippen molar-refractivity contribution in [3.8, 4) is 5.75 Å². The van der Waals surface area contributed by atoms with Crippen LogP contribution in [0.2, 0.25) is 5.02 Å². The second-order valence-electron chi connectivity index (χ2n) is 9.92. The third-order valence-electron chi connectivity index (χ3n) is 8.45. The maximum absolute atomic E-state index is 13.6. The van der Waals surface area contributed by atoms with Crippen molar-refractivity contribution in [3.63, 3.8) is 0 Å². The number of rotatable bonds is 2. The summed E-state index contributed by atoms with van der Waals surface area (Å²) in [6.45, 7) is 0.385. The molecule has 0 bridgehead atoms. The van der Waals surface area contributed by atoms with Crippen LogP contribution in [0, 0.1) is 5.92 Å². The van der Waals surface area contributed by atoms with Crippen LogP contribution in [0.5, 0.6) is 5.75 Å². The second-order valence-corrected chi connectivity index (χ2v) is 10.3. The lowest BCUT2D eigenvalue weighted by atomic mass is 9.81. The van der Waals surface area contributed by atoms with E-state index in [1.165, 1.54) is 17.2 Å². The molecule has 7 rings (SSSR count). The summed E-state index contributed by atoms with van der Waals surface area (Å²) in [4.78, 5) is 27.9. The van der Waals surface area contributed by atoms with Gasteiger partial charge in [-0.1, -0.05) is 48.0 Å². The summed E-state index contributed by atoms with van der Waals surface area (Å²) in [7, 11) is 0. The molecule has 2 heterocycles. The Hall–Kier alpha value is -3.25. The first-order valence-corrected chi connectivity index (χ1v) is 12.3. The fourth-order valence-electron chi connectivity index (χ4n) is 6.74. The van der Waals surface area contributed by atoms with Crippen molar-refractivity contribution >= 4 is 17.5 Å². The van der Waals surface area contributed by atoms with Gasteiger partial charge in [-0.3, -0.25) is 19.3 Å². The molecule has 7 heteroatoms. The van der Waals surface area contributed by atoms with Crippen molar-refractivity contribution < 1.29 is 9.90 Å². The topological polar surface area (TPSA) is 65.8 Å². The van der Waals surface area contributed by atoms with Crippen molar-refractivity contribution in [2.45, 2.75) is 43.7 Å². The van der Waals surface area contributed by atoms with Gasteiger partial charge in [-0.15, -0.1) is 0 Å². The number of benzene rings is 2. The number of carbonyl (C=O) groups is 1. The van der Waals surface area contributed by atoms with Crippen LogP contribution >= 0.6 is 11.6 Å². The largest absolute Gasteiger partial charge is 0.502 e. The fourth-order valence-corrected chi connectivity index (χ4v) is 6.99. The van der Waals surface area contributed by atoms with E-state index in [-0.39, 0.29) is 23.6 Å². The maximum Gasteiger partial charge on any atom is 0.278 e. The highest BCUT2D eigenvalue weighted by Gasteiger charge is 2.59. The Morgan fingerprint density at radius 3 is 2.56 bits per heavy atom. The van der Waals surface area contributed by atoms with Crippen molar-refractivity contribution in [1.82, 2.24) is 9.58 Å². The molecule has 1 amide bonds. The van der Waals surface area contributed by atoms with Crippen LogP contribution < -0.4 is 10.4 Å². The van der Waals surface area contributed by atoms with Crippen LogP contribution in [-0.4, -0.2) is 33.3 Å². The number of aromatic hydroxyl groups is 1. The Kier molecular flexibility index (Phi) is 4.08. The van der Waals surface area contributed by atoms with E-state index in [0.29, 0.717) is 6.67 Å². The molecule has 0 saturated heterocycles. The average Bonchev–Trinajstić information content (AvgIpc) is 3.29. The van der Waals surface area contributed by atoms with E-state index in [1.807, 2.05) is 17.0 Å². The maximum atomic E-state index is 13.6. The van der Waals surface area contributed by atoms with E-state index in [2.05, 4.69) is 35.3 Å². The Morgan fingerprint density at radius 1 is 0.971 bits per heavy atom. The first kappa shape index (κ1) is 20.2. The van der Waals surface area contributed by atoms with Gasteiger partial charge in [-0.25, -0.2) is 0 Å². The summed E-state index contributed by atoms with van der Waals surface area (Å²) in [5.41, 5.74) is 3.73.